The zero-order chi connectivity index (χ0) is 23.4. The van der Waals surface area contributed by atoms with Crippen molar-refractivity contribution in [1.82, 2.24) is 4.98 Å². The van der Waals surface area contributed by atoms with E-state index in [4.69, 9.17) is 9.15 Å². The Labute approximate surface area is 199 Å². The van der Waals surface area contributed by atoms with E-state index in [2.05, 4.69) is 25.8 Å². The van der Waals surface area contributed by atoms with Crippen LogP contribution in [0.15, 0.2) is 10.6 Å². The van der Waals surface area contributed by atoms with E-state index in [9.17, 15) is 9.90 Å². The van der Waals surface area contributed by atoms with Gasteiger partial charge in [0.1, 0.15) is 0 Å². The highest BCUT2D eigenvalue weighted by molar-refractivity contribution is 5.85. The smallest absolute Gasteiger partial charge is 0.375 e. The van der Waals surface area contributed by atoms with Crippen LogP contribution in [0.4, 0.5) is 0 Å². The summed E-state index contributed by atoms with van der Waals surface area (Å²) in [6.45, 7) is 9.14. The van der Waals surface area contributed by atoms with E-state index in [0.29, 0.717) is 29.7 Å². The van der Waals surface area contributed by atoms with Gasteiger partial charge in [-0.15, -0.1) is 0 Å². The molecule has 0 unspecified atom stereocenters. The summed E-state index contributed by atoms with van der Waals surface area (Å²) in [4.78, 5) is 16.3. The molecule has 4 saturated carbocycles. The van der Waals surface area contributed by atoms with E-state index in [-0.39, 0.29) is 5.76 Å². The molecule has 1 heterocycles. The number of fused-ring (bicyclic) bond motifs is 5. The molecule has 0 aliphatic heterocycles. The van der Waals surface area contributed by atoms with Gasteiger partial charge in [-0.05, 0) is 118 Å². The summed E-state index contributed by atoms with van der Waals surface area (Å²) in [7, 11) is 0. The number of carbonyl (C=O) groups is 1. The number of hydrogen-bond acceptors (Lipinski definition) is 5. The van der Waals surface area contributed by atoms with Crippen molar-refractivity contribution in [3.63, 3.8) is 0 Å². The van der Waals surface area contributed by atoms with Crippen LogP contribution in [0, 0.1) is 46.8 Å². The number of esters is 1. The van der Waals surface area contributed by atoms with Gasteiger partial charge < -0.3 is 14.3 Å². The molecule has 0 spiro atoms. The summed E-state index contributed by atoms with van der Waals surface area (Å²) in [6.07, 6.45) is 13.6. The second-order valence-electron chi connectivity index (χ2n) is 12.4. The first-order chi connectivity index (χ1) is 15.7. The minimum atomic E-state index is -0.432. The Morgan fingerprint density at radius 2 is 1.94 bits per heavy atom. The van der Waals surface area contributed by atoms with Crippen LogP contribution in [-0.2, 0) is 11.2 Å². The molecular weight excluding hydrogens is 414 g/mol. The van der Waals surface area contributed by atoms with Gasteiger partial charge in [0.2, 0.25) is 5.76 Å². The molecule has 0 bridgehead atoms. The third kappa shape index (κ3) is 4.17. The zero-order valence-corrected chi connectivity index (χ0v) is 21.0. The summed E-state index contributed by atoms with van der Waals surface area (Å²) in [5.41, 5.74) is -0.0256. The predicted molar refractivity (Wildman–Crippen MR) is 127 cm³/mol. The molecule has 1 N–H and O–H groups in total. The molecule has 5 rings (SSSR count). The van der Waals surface area contributed by atoms with Crippen LogP contribution < -0.4 is 0 Å². The van der Waals surface area contributed by atoms with Crippen molar-refractivity contribution in [3.05, 3.63) is 17.8 Å². The third-order valence-corrected chi connectivity index (χ3v) is 10.5. The molecule has 33 heavy (non-hydrogen) atoms. The molecule has 5 nitrogen and oxygen atoms in total. The van der Waals surface area contributed by atoms with Crippen molar-refractivity contribution >= 4 is 5.97 Å². The number of nitrogens with zero attached hydrogens (tertiary/aromatic N) is 1. The average molecular weight is 458 g/mol. The van der Waals surface area contributed by atoms with Gasteiger partial charge in [0.15, 0.2) is 5.89 Å². The first kappa shape index (κ1) is 23.4. The van der Waals surface area contributed by atoms with Crippen molar-refractivity contribution in [2.24, 2.45) is 46.8 Å². The number of aromatic nitrogens is 1. The molecule has 4 aliphatic carbocycles. The fourth-order valence-corrected chi connectivity index (χ4v) is 9.18. The number of ether oxygens (including phenoxy) is 1. The van der Waals surface area contributed by atoms with Gasteiger partial charge in [-0.1, -0.05) is 13.8 Å². The van der Waals surface area contributed by atoms with Crippen LogP contribution in [0.5, 0.6) is 0 Å². The van der Waals surface area contributed by atoms with Gasteiger partial charge in [-0.25, -0.2) is 9.78 Å². The predicted octanol–water partition coefficient (Wildman–Crippen LogP) is 6.05. The summed E-state index contributed by atoms with van der Waals surface area (Å²) in [5, 5.41) is 10.6. The lowest BCUT2D eigenvalue weighted by atomic mass is 9.48. The third-order valence-electron chi connectivity index (χ3n) is 10.5. The van der Waals surface area contributed by atoms with Crippen LogP contribution in [-0.4, -0.2) is 28.3 Å². The van der Waals surface area contributed by atoms with Gasteiger partial charge in [0, 0.05) is 6.42 Å². The fraction of sp³-hybridized carbons (Fsp3) is 0.857. The lowest BCUT2D eigenvalue weighted by Gasteiger charge is -2.57. The van der Waals surface area contributed by atoms with Crippen molar-refractivity contribution < 1.29 is 19.1 Å². The van der Waals surface area contributed by atoms with E-state index >= 15 is 0 Å². The second kappa shape index (κ2) is 8.70. The second-order valence-corrected chi connectivity index (χ2v) is 12.4. The van der Waals surface area contributed by atoms with E-state index in [1.165, 1.54) is 51.1 Å². The first-order valence-corrected chi connectivity index (χ1v) is 13.6. The number of hydrogen-bond donors (Lipinski definition) is 1. The highest BCUT2D eigenvalue weighted by Crippen LogP contribution is 2.65. The molecule has 0 amide bonds. The number of rotatable bonds is 5. The Kier molecular flexibility index (Phi) is 6.16. The van der Waals surface area contributed by atoms with E-state index in [1.54, 1.807) is 6.92 Å². The van der Waals surface area contributed by atoms with E-state index in [1.807, 2.05) is 0 Å². The maximum atomic E-state index is 11.9. The lowest BCUT2D eigenvalue weighted by molar-refractivity contribution is -0.102. The number of carbonyl (C=O) groups excluding carboxylic acids is 1. The standard InChI is InChI=1S/C28H43NO4/c1-5-32-26(30)24-16-29-25(33-24)14-17(2)22-8-9-23-21-7-6-18-15-27(3,31)12-10-19(18)20(21)11-13-28(22,23)4/h16-23,31H,5-15H2,1-4H3/t17-,18+,19+,20-,21-,22-,23+,27-,28-/m1/s1. The highest BCUT2D eigenvalue weighted by atomic mass is 16.5. The molecule has 0 aromatic carbocycles. The molecule has 0 radical (unpaired) electrons. The summed E-state index contributed by atoms with van der Waals surface area (Å²) < 4.78 is 10.8. The largest absolute Gasteiger partial charge is 0.460 e. The molecule has 5 heteroatoms. The summed E-state index contributed by atoms with van der Waals surface area (Å²) in [5.74, 6) is 5.83. The van der Waals surface area contributed by atoms with E-state index < -0.39 is 11.6 Å². The van der Waals surface area contributed by atoms with Crippen molar-refractivity contribution in [1.29, 1.82) is 0 Å². The lowest BCUT2D eigenvalue weighted by Crippen LogP contribution is -2.50. The van der Waals surface area contributed by atoms with Crippen LogP contribution >= 0.6 is 0 Å². The van der Waals surface area contributed by atoms with Crippen LogP contribution in [0.2, 0.25) is 0 Å². The normalized spacial score (nSPS) is 43.3. The zero-order valence-electron chi connectivity index (χ0n) is 21.0. The first-order valence-electron chi connectivity index (χ1n) is 13.6. The Balaban J connectivity index is 1.26. The molecule has 4 aliphatic rings. The quantitative estimate of drug-likeness (QED) is 0.545. The van der Waals surface area contributed by atoms with Crippen LogP contribution in [0.3, 0.4) is 0 Å². The number of aliphatic hydroxyl groups is 1. The van der Waals surface area contributed by atoms with Crippen LogP contribution in [0.1, 0.15) is 102 Å². The summed E-state index contributed by atoms with van der Waals surface area (Å²) >= 11 is 0. The van der Waals surface area contributed by atoms with Crippen LogP contribution in [0.25, 0.3) is 0 Å². The van der Waals surface area contributed by atoms with Crippen molar-refractivity contribution in [2.75, 3.05) is 6.61 Å². The van der Waals surface area contributed by atoms with Gasteiger partial charge in [0.25, 0.3) is 0 Å². The average Bonchev–Trinajstić information content (AvgIpc) is 3.37. The number of oxazole rings is 1. The molecule has 184 valence electrons. The topological polar surface area (TPSA) is 72.6 Å². The minimum Gasteiger partial charge on any atom is -0.460 e. The fourth-order valence-electron chi connectivity index (χ4n) is 9.18. The molecule has 9 atom stereocenters. The minimum absolute atomic E-state index is 0.221. The Morgan fingerprint density at radius 1 is 1.15 bits per heavy atom. The van der Waals surface area contributed by atoms with Gasteiger partial charge in [-0.3, -0.25) is 0 Å². The van der Waals surface area contributed by atoms with Crippen molar-refractivity contribution in [2.45, 2.75) is 97.5 Å². The SMILES string of the molecule is CCOC(=O)c1cnc(C[C@@H](C)[C@H]2CC[C@H]3[C@@H]4CC[C@H]5C[C@](C)(O)CC[C@@H]5[C@H]4CC[C@]23C)o1. The monoisotopic (exact) mass is 457 g/mol. The van der Waals surface area contributed by atoms with Crippen molar-refractivity contribution in [3.8, 4) is 0 Å². The molecule has 1 aromatic heterocycles. The maximum Gasteiger partial charge on any atom is 0.375 e. The summed E-state index contributed by atoms with van der Waals surface area (Å²) in [6, 6.07) is 0. The maximum absolute atomic E-state index is 11.9. The van der Waals surface area contributed by atoms with E-state index in [0.717, 1.165) is 48.9 Å². The molecule has 0 saturated heterocycles. The molecule has 1 aromatic rings. The Bertz CT molecular complexity index is 862. The highest BCUT2D eigenvalue weighted by Gasteiger charge is 2.58. The van der Waals surface area contributed by atoms with Gasteiger partial charge >= 0.3 is 5.97 Å². The Hall–Kier alpha value is -1.36. The molecule has 4 fully saturated rings. The van der Waals surface area contributed by atoms with Gasteiger partial charge in [0.05, 0.1) is 18.4 Å². The Morgan fingerprint density at radius 3 is 2.73 bits per heavy atom. The van der Waals surface area contributed by atoms with Gasteiger partial charge in [-0.2, -0.15) is 0 Å². The molecular formula is C28H43NO4.